The van der Waals surface area contributed by atoms with Crippen LogP contribution >= 0.6 is 22.9 Å². The van der Waals surface area contributed by atoms with Crippen molar-refractivity contribution in [3.05, 3.63) is 50.9 Å². The number of nitrogens with two attached hydrogens (primary N) is 1. The molecular weight excluding hydrogens is 483 g/mol. The molecule has 1 aliphatic rings. The van der Waals surface area contributed by atoms with Crippen LogP contribution < -0.4 is 16.4 Å². The molecule has 1 atom stereocenters. The molecule has 33 heavy (non-hydrogen) atoms. The maximum absolute atomic E-state index is 14.5. The van der Waals surface area contributed by atoms with Gasteiger partial charge >= 0.3 is 17.8 Å². The number of rotatable bonds is 7. The Balaban J connectivity index is 2.14. The smallest absolute Gasteiger partial charge is 0.441 e. The lowest BCUT2D eigenvalue weighted by Crippen LogP contribution is -2.69. The van der Waals surface area contributed by atoms with E-state index in [0.29, 0.717) is 23.3 Å². The number of halogens is 4. The number of nitrogens with one attached hydrogen (secondary N) is 2. The van der Waals surface area contributed by atoms with Gasteiger partial charge in [-0.1, -0.05) is 23.7 Å². The highest BCUT2D eigenvalue weighted by atomic mass is 35.5. The Hall–Kier alpha value is -2.79. The van der Waals surface area contributed by atoms with Crippen LogP contribution in [0.2, 0.25) is 5.02 Å². The van der Waals surface area contributed by atoms with Gasteiger partial charge < -0.3 is 21.1 Å². The first-order valence-corrected chi connectivity index (χ1v) is 11.2. The van der Waals surface area contributed by atoms with Gasteiger partial charge in [0.1, 0.15) is 5.00 Å². The van der Waals surface area contributed by atoms with E-state index in [2.05, 4.69) is 5.32 Å². The Labute approximate surface area is 196 Å². The van der Waals surface area contributed by atoms with Crippen LogP contribution in [0.5, 0.6) is 0 Å². The van der Waals surface area contributed by atoms with E-state index < -0.39 is 29.6 Å². The monoisotopic (exact) mass is 503 g/mol. The van der Waals surface area contributed by atoms with Crippen LogP contribution in [0, 0.1) is 0 Å². The van der Waals surface area contributed by atoms with Gasteiger partial charge in [0, 0.05) is 4.88 Å². The SMILES string of the molecule is CCOC(=O)[C@@](NC(=O)c1ccccc1Cl)(Nc1sc2c(c1C(N)=O)CCCC2)C(F)(F)F. The number of amides is 2. The zero-order chi connectivity index (χ0) is 24.4. The van der Waals surface area contributed by atoms with E-state index in [0.717, 1.165) is 24.2 Å². The van der Waals surface area contributed by atoms with Crippen molar-refractivity contribution in [2.75, 3.05) is 11.9 Å². The highest BCUT2D eigenvalue weighted by Crippen LogP contribution is 2.42. The van der Waals surface area contributed by atoms with Crippen molar-refractivity contribution in [3.8, 4) is 0 Å². The molecule has 1 heterocycles. The average molecular weight is 504 g/mol. The van der Waals surface area contributed by atoms with Gasteiger partial charge in [0.05, 0.1) is 22.8 Å². The predicted molar refractivity (Wildman–Crippen MR) is 117 cm³/mol. The van der Waals surface area contributed by atoms with E-state index in [1.807, 2.05) is 0 Å². The largest absolute Gasteiger partial charge is 0.463 e. The molecule has 1 aromatic carbocycles. The van der Waals surface area contributed by atoms with Gasteiger partial charge in [0.2, 0.25) is 0 Å². The highest BCUT2D eigenvalue weighted by molar-refractivity contribution is 7.16. The van der Waals surface area contributed by atoms with Gasteiger partial charge in [-0.3, -0.25) is 9.59 Å². The minimum Gasteiger partial charge on any atom is -0.463 e. The summed E-state index contributed by atoms with van der Waals surface area (Å²) in [5, 5.41) is 3.44. The predicted octanol–water partition coefficient (Wildman–Crippen LogP) is 4.04. The van der Waals surface area contributed by atoms with E-state index in [1.165, 1.54) is 31.2 Å². The summed E-state index contributed by atoms with van der Waals surface area (Å²) in [6.45, 7) is 0.942. The second-order valence-electron chi connectivity index (χ2n) is 7.31. The molecule has 0 bridgehead atoms. The molecule has 1 aromatic heterocycles. The van der Waals surface area contributed by atoms with E-state index in [9.17, 15) is 27.6 Å². The van der Waals surface area contributed by atoms with Crippen LogP contribution in [-0.4, -0.2) is 36.2 Å². The lowest BCUT2D eigenvalue weighted by atomic mass is 9.95. The molecule has 0 saturated carbocycles. The van der Waals surface area contributed by atoms with Crippen molar-refractivity contribution < 1.29 is 32.3 Å². The van der Waals surface area contributed by atoms with Gasteiger partial charge in [0.15, 0.2) is 0 Å². The Morgan fingerprint density at radius 3 is 2.45 bits per heavy atom. The molecular formula is C21H21ClF3N3O4S. The van der Waals surface area contributed by atoms with Crippen molar-refractivity contribution >= 4 is 45.7 Å². The second kappa shape index (κ2) is 9.60. The van der Waals surface area contributed by atoms with Crippen molar-refractivity contribution in [1.82, 2.24) is 5.32 Å². The minimum absolute atomic E-state index is 0.112. The number of carbonyl (C=O) groups excluding carboxylic acids is 3. The van der Waals surface area contributed by atoms with E-state index in [4.69, 9.17) is 22.1 Å². The zero-order valence-electron chi connectivity index (χ0n) is 17.5. The molecule has 0 radical (unpaired) electrons. The van der Waals surface area contributed by atoms with Gasteiger partial charge in [-0.25, -0.2) is 4.79 Å². The number of hydrogen-bond donors (Lipinski definition) is 3. The average Bonchev–Trinajstić information content (AvgIpc) is 3.10. The molecule has 0 unspecified atom stereocenters. The molecule has 178 valence electrons. The van der Waals surface area contributed by atoms with Crippen LogP contribution in [0.1, 0.15) is 50.9 Å². The van der Waals surface area contributed by atoms with Crippen molar-refractivity contribution in [2.24, 2.45) is 5.73 Å². The molecule has 0 spiro atoms. The Morgan fingerprint density at radius 1 is 1.18 bits per heavy atom. The fraction of sp³-hybridized carbons (Fsp3) is 0.381. The standard InChI is InChI=1S/C21H21ClF3N3O4S/c1-2-32-19(31)20(21(23,24)25,27-17(30)11-7-3-5-9-13(11)22)28-18-15(16(26)29)12-8-4-6-10-14(12)33-18/h3,5,7,9,28H,2,4,6,8,10H2,1H3,(H2,26,29)(H,27,30)/t20-/m1/s1. The number of carbonyl (C=O) groups is 3. The number of aryl methyl sites for hydroxylation is 1. The molecule has 2 aromatic rings. The van der Waals surface area contributed by atoms with Crippen molar-refractivity contribution in [2.45, 2.75) is 44.4 Å². The lowest BCUT2D eigenvalue weighted by Gasteiger charge is -2.35. The molecule has 0 saturated heterocycles. The number of ether oxygens (including phenoxy) is 1. The molecule has 0 fully saturated rings. The normalized spacial score (nSPS) is 15.2. The zero-order valence-corrected chi connectivity index (χ0v) is 19.0. The number of anilines is 1. The first kappa shape index (κ1) is 24.8. The van der Waals surface area contributed by atoms with Gasteiger partial charge in [-0.2, -0.15) is 13.2 Å². The molecule has 3 rings (SSSR count). The van der Waals surface area contributed by atoms with Gasteiger partial charge in [0.25, 0.3) is 11.8 Å². The van der Waals surface area contributed by atoms with Crippen LogP contribution in [0.3, 0.4) is 0 Å². The Morgan fingerprint density at radius 2 is 1.85 bits per heavy atom. The summed E-state index contributed by atoms with van der Waals surface area (Å²) in [5.74, 6) is -3.99. The van der Waals surface area contributed by atoms with Crippen molar-refractivity contribution in [1.29, 1.82) is 0 Å². The minimum atomic E-state index is -5.37. The number of esters is 1. The number of benzene rings is 1. The summed E-state index contributed by atoms with van der Waals surface area (Å²) in [5.41, 5.74) is 1.94. The number of fused-ring (bicyclic) bond motifs is 1. The van der Waals surface area contributed by atoms with Gasteiger partial charge in [-0.15, -0.1) is 11.3 Å². The fourth-order valence-electron chi connectivity index (χ4n) is 3.60. The molecule has 2 amide bonds. The van der Waals surface area contributed by atoms with Gasteiger partial charge in [-0.05, 0) is 50.3 Å². The molecule has 1 aliphatic carbocycles. The van der Waals surface area contributed by atoms with Crippen LogP contribution in [0.15, 0.2) is 24.3 Å². The maximum atomic E-state index is 14.5. The number of hydrogen-bond acceptors (Lipinski definition) is 6. The number of primary amides is 1. The highest BCUT2D eigenvalue weighted by Gasteiger charge is 2.64. The topological polar surface area (TPSA) is 111 Å². The summed E-state index contributed by atoms with van der Waals surface area (Å²) in [4.78, 5) is 38.4. The Kier molecular flexibility index (Phi) is 7.23. The first-order chi connectivity index (χ1) is 15.5. The molecule has 4 N–H and O–H groups in total. The van der Waals surface area contributed by atoms with E-state index >= 15 is 0 Å². The van der Waals surface area contributed by atoms with E-state index in [-0.39, 0.29) is 27.8 Å². The maximum Gasteiger partial charge on any atom is 0.441 e. The summed E-state index contributed by atoms with van der Waals surface area (Å²) in [6.07, 6.45) is -2.79. The summed E-state index contributed by atoms with van der Waals surface area (Å²) >= 11 is 6.86. The third-order valence-corrected chi connectivity index (χ3v) is 6.68. The second-order valence-corrected chi connectivity index (χ2v) is 8.82. The molecule has 7 nitrogen and oxygen atoms in total. The summed E-state index contributed by atoms with van der Waals surface area (Å²) in [6, 6.07) is 5.44. The fourth-order valence-corrected chi connectivity index (χ4v) is 5.17. The quantitative estimate of drug-likeness (QED) is 0.390. The summed E-state index contributed by atoms with van der Waals surface area (Å²) in [7, 11) is 0. The third kappa shape index (κ3) is 4.79. The number of alkyl halides is 3. The first-order valence-electron chi connectivity index (χ1n) is 10.0. The molecule has 0 aliphatic heterocycles. The van der Waals surface area contributed by atoms with Crippen LogP contribution in [0.25, 0.3) is 0 Å². The van der Waals surface area contributed by atoms with Crippen LogP contribution in [0.4, 0.5) is 18.2 Å². The molecule has 12 heteroatoms. The van der Waals surface area contributed by atoms with Crippen LogP contribution in [-0.2, 0) is 22.4 Å². The summed E-state index contributed by atoms with van der Waals surface area (Å²) < 4.78 is 48.2. The third-order valence-electron chi connectivity index (χ3n) is 5.15. The number of thiophene rings is 1. The Bertz CT molecular complexity index is 1090. The van der Waals surface area contributed by atoms with Crippen molar-refractivity contribution in [3.63, 3.8) is 0 Å². The lowest BCUT2D eigenvalue weighted by molar-refractivity contribution is -0.204. The van der Waals surface area contributed by atoms with E-state index in [1.54, 1.807) is 5.32 Å².